The Morgan fingerprint density at radius 2 is 1.88 bits per heavy atom. The van der Waals surface area contributed by atoms with Gasteiger partial charge in [0.05, 0.1) is 16.6 Å². The Morgan fingerprint density at radius 3 is 2.76 bits per heavy atom. The first kappa shape index (κ1) is 20.0. The van der Waals surface area contributed by atoms with E-state index in [4.69, 9.17) is 10.1 Å². The molecule has 0 aliphatic carbocycles. The number of nitrogens with one attached hydrogen (secondary N) is 2. The summed E-state index contributed by atoms with van der Waals surface area (Å²) in [4.78, 5) is 12.9. The van der Waals surface area contributed by atoms with E-state index in [0.717, 1.165) is 55.5 Å². The molecule has 0 saturated heterocycles. The molecule has 0 aliphatic rings. The molecule has 0 bridgehead atoms. The van der Waals surface area contributed by atoms with Crippen LogP contribution >= 0.6 is 9.39 Å². The van der Waals surface area contributed by atoms with Crippen molar-refractivity contribution in [1.82, 2.24) is 29.8 Å². The van der Waals surface area contributed by atoms with Crippen LogP contribution in [-0.2, 0) is 0 Å². The molecule has 0 radical (unpaired) electrons. The number of aromatic nitrogens is 5. The molecule has 33 heavy (non-hydrogen) atoms. The molecular formula is C26H23N6P. The average Bonchev–Trinajstić information content (AvgIpc) is 3.43. The van der Waals surface area contributed by atoms with Crippen molar-refractivity contribution in [2.45, 2.75) is 13.0 Å². The first-order chi connectivity index (χ1) is 16.1. The smallest absolute Gasteiger partial charge is 0.159 e. The quantitative estimate of drug-likeness (QED) is 0.337. The molecule has 6 rings (SSSR count). The molecule has 0 aliphatic heterocycles. The predicted molar refractivity (Wildman–Crippen MR) is 138 cm³/mol. The molecule has 6 aromatic rings. The zero-order chi connectivity index (χ0) is 22.5. The van der Waals surface area contributed by atoms with Gasteiger partial charge in [-0.3, -0.25) is 4.98 Å². The number of benzene rings is 3. The Bertz CT molecular complexity index is 1640. The van der Waals surface area contributed by atoms with Crippen molar-refractivity contribution in [2.24, 2.45) is 0 Å². The molecule has 0 spiro atoms. The van der Waals surface area contributed by atoms with Crippen LogP contribution in [0.1, 0.15) is 18.5 Å². The van der Waals surface area contributed by atoms with Crippen LogP contribution in [0.25, 0.3) is 55.4 Å². The fourth-order valence-corrected chi connectivity index (χ4v) is 4.84. The average molecular weight is 450 g/mol. The summed E-state index contributed by atoms with van der Waals surface area (Å²) in [6.45, 7) is 2.14. The van der Waals surface area contributed by atoms with Crippen LogP contribution < -0.4 is 5.32 Å². The standard InChI is InChI=1S/C26H23N6P/c1-15(27-2)18-8-5-9-22-24(18)30-26(29-22)25-20-12-16(10-11-23(20)32(33)31-25)21-14-28-13-17-6-3-4-7-19(17)21/h3-15,27H,33H2,1-2H3,(H,29,30). The zero-order valence-electron chi connectivity index (χ0n) is 18.4. The van der Waals surface area contributed by atoms with Crippen molar-refractivity contribution in [2.75, 3.05) is 7.05 Å². The lowest BCUT2D eigenvalue weighted by Crippen LogP contribution is -2.12. The van der Waals surface area contributed by atoms with Gasteiger partial charge in [-0.15, -0.1) is 0 Å². The number of aromatic amines is 1. The van der Waals surface area contributed by atoms with Crippen LogP contribution in [-0.4, -0.2) is 31.6 Å². The van der Waals surface area contributed by atoms with Crippen LogP contribution in [0.3, 0.4) is 0 Å². The van der Waals surface area contributed by atoms with Gasteiger partial charge in [0, 0.05) is 34.8 Å². The number of hydrogen-bond donors (Lipinski definition) is 2. The predicted octanol–water partition coefficient (Wildman–Crippen LogP) is 5.71. The van der Waals surface area contributed by atoms with Crippen LogP contribution in [0.5, 0.6) is 0 Å². The van der Waals surface area contributed by atoms with E-state index < -0.39 is 0 Å². The largest absolute Gasteiger partial charge is 0.337 e. The SMILES string of the molecule is CNC(C)c1cccc2[nH]c(-c3nn(P)c4ccc(-c5cncc6ccccc56)cc34)nc12. The summed E-state index contributed by atoms with van der Waals surface area (Å²) < 4.78 is 1.83. The van der Waals surface area contributed by atoms with Crippen molar-refractivity contribution in [3.05, 3.63) is 78.6 Å². The summed E-state index contributed by atoms with van der Waals surface area (Å²) in [5.74, 6) is 0.764. The summed E-state index contributed by atoms with van der Waals surface area (Å²) in [6.07, 6.45) is 3.84. The molecule has 162 valence electrons. The highest BCUT2D eigenvalue weighted by Gasteiger charge is 2.18. The number of rotatable bonds is 4. The number of nitrogens with zero attached hydrogens (tertiary/aromatic N) is 4. The monoisotopic (exact) mass is 450 g/mol. The minimum Gasteiger partial charge on any atom is -0.337 e. The van der Waals surface area contributed by atoms with Gasteiger partial charge >= 0.3 is 0 Å². The minimum absolute atomic E-state index is 0.200. The third-order valence-electron chi connectivity index (χ3n) is 6.35. The third kappa shape index (κ3) is 3.22. The van der Waals surface area contributed by atoms with Gasteiger partial charge in [-0.05, 0) is 58.1 Å². The number of hydrogen-bond acceptors (Lipinski definition) is 4. The molecule has 0 fully saturated rings. The van der Waals surface area contributed by atoms with Gasteiger partial charge in [-0.1, -0.05) is 42.5 Å². The van der Waals surface area contributed by atoms with E-state index in [1.54, 1.807) is 0 Å². The molecule has 2 atom stereocenters. The van der Waals surface area contributed by atoms with Gasteiger partial charge in [0.15, 0.2) is 5.82 Å². The van der Waals surface area contributed by atoms with Crippen LogP contribution in [0.15, 0.2) is 73.1 Å². The van der Waals surface area contributed by atoms with Gasteiger partial charge in [0.2, 0.25) is 0 Å². The maximum absolute atomic E-state index is 4.97. The molecule has 2 unspecified atom stereocenters. The highest BCUT2D eigenvalue weighted by Crippen LogP contribution is 2.35. The minimum atomic E-state index is 0.200. The van der Waals surface area contributed by atoms with Gasteiger partial charge in [0.1, 0.15) is 5.69 Å². The van der Waals surface area contributed by atoms with Crippen LogP contribution in [0.2, 0.25) is 0 Å². The summed E-state index contributed by atoms with van der Waals surface area (Å²) in [7, 11) is 4.65. The second kappa shape index (κ2) is 7.77. The molecule has 0 saturated carbocycles. The highest BCUT2D eigenvalue weighted by molar-refractivity contribution is 7.14. The van der Waals surface area contributed by atoms with Crippen molar-refractivity contribution >= 4 is 42.1 Å². The van der Waals surface area contributed by atoms with Crippen molar-refractivity contribution < 1.29 is 0 Å². The molecule has 7 heteroatoms. The fraction of sp³-hybridized carbons (Fsp3) is 0.115. The molecule has 2 N–H and O–H groups in total. The Morgan fingerprint density at radius 1 is 1.00 bits per heavy atom. The first-order valence-corrected chi connectivity index (χ1v) is 11.4. The lowest BCUT2D eigenvalue weighted by Gasteiger charge is -2.10. The van der Waals surface area contributed by atoms with Crippen molar-refractivity contribution in [3.63, 3.8) is 0 Å². The zero-order valence-corrected chi connectivity index (χ0v) is 19.5. The summed E-state index contributed by atoms with van der Waals surface area (Å²) in [5, 5.41) is 11.5. The van der Waals surface area contributed by atoms with E-state index in [0.29, 0.717) is 0 Å². The van der Waals surface area contributed by atoms with Gasteiger partial charge in [0.25, 0.3) is 0 Å². The van der Waals surface area contributed by atoms with Gasteiger partial charge in [-0.25, -0.2) is 9.44 Å². The Balaban J connectivity index is 1.56. The van der Waals surface area contributed by atoms with Crippen LogP contribution in [0, 0.1) is 0 Å². The number of imidazole rings is 1. The van der Waals surface area contributed by atoms with E-state index in [2.05, 4.69) is 86.2 Å². The molecular weight excluding hydrogens is 427 g/mol. The van der Waals surface area contributed by atoms with E-state index in [-0.39, 0.29) is 6.04 Å². The number of H-pyrrole nitrogens is 1. The Kier molecular flexibility index (Phi) is 4.72. The van der Waals surface area contributed by atoms with Crippen molar-refractivity contribution in [1.29, 1.82) is 0 Å². The number of fused-ring (bicyclic) bond motifs is 3. The maximum atomic E-state index is 4.97. The van der Waals surface area contributed by atoms with Gasteiger partial charge in [-0.2, -0.15) is 5.10 Å². The normalized spacial score (nSPS) is 12.7. The van der Waals surface area contributed by atoms with E-state index in [1.165, 1.54) is 5.39 Å². The fourth-order valence-electron chi connectivity index (χ4n) is 4.50. The lowest BCUT2D eigenvalue weighted by molar-refractivity contribution is 0.656. The van der Waals surface area contributed by atoms with Crippen LogP contribution in [0.4, 0.5) is 0 Å². The molecule has 3 heterocycles. The Labute approximate surface area is 193 Å². The van der Waals surface area contributed by atoms with E-state index in [1.807, 2.05) is 30.0 Å². The molecule has 6 nitrogen and oxygen atoms in total. The summed E-state index contributed by atoms with van der Waals surface area (Å²) >= 11 is 0. The summed E-state index contributed by atoms with van der Waals surface area (Å²) in [6, 6.07) is 21.2. The second-order valence-electron chi connectivity index (χ2n) is 8.27. The second-order valence-corrected chi connectivity index (χ2v) is 8.76. The maximum Gasteiger partial charge on any atom is 0.159 e. The first-order valence-electron chi connectivity index (χ1n) is 10.9. The molecule has 3 aromatic heterocycles. The topological polar surface area (TPSA) is 71.4 Å². The van der Waals surface area contributed by atoms with Gasteiger partial charge < -0.3 is 10.3 Å². The highest BCUT2D eigenvalue weighted by atomic mass is 31.0. The number of pyridine rings is 1. The Hall–Kier alpha value is -3.60. The molecule has 0 amide bonds. The summed E-state index contributed by atoms with van der Waals surface area (Å²) in [5.41, 5.74) is 7.19. The van der Waals surface area contributed by atoms with E-state index >= 15 is 0 Å². The lowest BCUT2D eigenvalue weighted by atomic mass is 9.99. The van der Waals surface area contributed by atoms with Crippen molar-refractivity contribution in [3.8, 4) is 22.6 Å². The molecule has 3 aromatic carbocycles. The number of para-hydroxylation sites is 1. The third-order valence-corrected chi connectivity index (χ3v) is 6.75. The van der Waals surface area contributed by atoms with E-state index in [9.17, 15) is 0 Å².